The van der Waals surface area contributed by atoms with Crippen LogP contribution in [0.25, 0.3) is 11.0 Å². The third-order valence-electron chi connectivity index (χ3n) is 5.56. The van der Waals surface area contributed by atoms with E-state index in [9.17, 15) is 13.6 Å². The van der Waals surface area contributed by atoms with E-state index in [2.05, 4.69) is 15.3 Å². The molecule has 2 heterocycles. The normalized spacial score (nSPS) is 16.4. The van der Waals surface area contributed by atoms with Crippen molar-refractivity contribution in [3.63, 3.8) is 0 Å². The molecule has 1 fully saturated rings. The van der Waals surface area contributed by atoms with Crippen molar-refractivity contribution in [2.45, 2.75) is 31.7 Å². The first-order valence-corrected chi connectivity index (χ1v) is 10.3. The van der Waals surface area contributed by atoms with Gasteiger partial charge in [0.05, 0.1) is 30.8 Å². The van der Waals surface area contributed by atoms with Gasteiger partial charge in [-0.05, 0) is 37.0 Å². The Bertz CT molecular complexity index is 1080. The van der Waals surface area contributed by atoms with E-state index in [0.29, 0.717) is 24.3 Å². The van der Waals surface area contributed by atoms with Gasteiger partial charge >= 0.3 is 0 Å². The van der Waals surface area contributed by atoms with Crippen LogP contribution < -0.4 is 10.1 Å². The quantitative estimate of drug-likeness (QED) is 0.647. The maximum Gasteiger partial charge on any atom is 0.227 e. The second-order valence-corrected chi connectivity index (χ2v) is 7.65. The lowest BCUT2D eigenvalue weighted by atomic mass is 10.0. The van der Waals surface area contributed by atoms with Crippen LogP contribution in [0.2, 0.25) is 0 Å². The Kier molecular flexibility index (Phi) is 6.25. The SMILES string of the molecule is COc1ccc(CC(=O)N2CCCCC2CNc2cnc3cc(F)c(F)cc3n2)cc1. The lowest BCUT2D eigenvalue weighted by Crippen LogP contribution is -2.47. The van der Waals surface area contributed by atoms with Crippen LogP contribution >= 0.6 is 0 Å². The summed E-state index contributed by atoms with van der Waals surface area (Å²) in [5, 5.41) is 3.20. The molecule has 4 rings (SSSR count). The Morgan fingerprint density at radius 3 is 2.65 bits per heavy atom. The molecule has 2 aromatic carbocycles. The van der Waals surface area contributed by atoms with E-state index in [1.54, 1.807) is 7.11 Å². The number of likely N-dealkylation sites (tertiary alicyclic amines) is 1. The monoisotopic (exact) mass is 426 g/mol. The van der Waals surface area contributed by atoms with E-state index in [1.807, 2.05) is 29.2 Å². The van der Waals surface area contributed by atoms with E-state index >= 15 is 0 Å². The largest absolute Gasteiger partial charge is 0.497 e. The molecule has 3 aromatic rings. The lowest BCUT2D eigenvalue weighted by Gasteiger charge is -2.36. The predicted molar refractivity (Wildman–Crippen MR) is 114 cm³/mol. The molecule has 8 heteroatoms. The Balaban J connectivity index is 1.42. The van der Waals surface area contributed by atoms with Gasteiger partial charge in [-0.15, -0.1) is 0 Å². The fourth-order valence-electron chi connectivity index (χ4n) is 3.88. The van der Waals surface area contributed by atoms with Crippen LogP contribution in [0.5, 0.6) is 5.75 Å². The summed E-state index contributed by atoms with van der Waals surface area (Å²) in [7, 11) is 1.61. The zero-order valence-corrected chi connectivity index (χ0v) is 17.3. The number of anilines is 1. The molecule has 1 aromatic heterocycles. The van der Waals surface area contributed by atoms with E-state index in [0.717, 1.165) is 49.3 Å². The summed E-state index contributed by atoms with van der Waals surface area (Å²) >= 11 is 0. The Morgan fingerprint density at radius 2 is 1.90 bits per heavy atom. The van der Waals surface area contributed by atoms with Crippen molar-refractivity contribution in [1.82, 2.24) is 14.9 Å². The van der Waals surface area contributed by atoms with Crippen molar-refractivity contribution in [2.75, 3.05) is 25.5 Å². The highest BCUT2D eigenvalue weighted by Crippen LogP contribution is 2.21. The number of hydrogen-bond acceptors (Lipinski definition) is 5. The predicted octanol–water partition coefficient (Wildman–Crippen LogP) is 3.95. The number of aromatic nitrogens is 2. The first-order valence-electron chi connectivity index (χ1n) is 10.3. The Labute approximate surface area is 179 Å². The van der Waals surface area contributed by atoms with Crippen LogP contribution in [0.1, 0.15) is 24.8 Å². The van der Waals surface area contributed by atoms with E-state index in [1.165, 1.54) is 6.20 Å². The van der Waals surface area contributed by atoms with Crippen molar-refractivity contribution in [3.8, 4) is 5.75 Å². The van der Waals surface area contributed by atoms with E-state index < -0.39 is 11.6 Å². The molecule has 1 aliphatic heterocycles. The Hall–Kier alpha value is -3.29. The zero-order chi connectivity index (χ0) is 21.8. The van der Waals surface area contributed by atoms with Crippen LogP contribution in [0.3, 0.4) is 0 Å². The number of rotatable bonds is 6. The fourth-order valence-corrected chi connectivity index (χ4v) is 3.88. The smallest absolute Gasteiger partial charge is 0.227 e. The highest BCUT2D eigenvalue weighted by molar-refractivity contribution is 5.79. The van der Waals surface area contributed by atoms with Gasteiger partial charge in [0, 0.05) is 31.3 Å². The molecule has 1 unspecified atom stereocenters. The van der Waals surface area contributed by atoms with Crippen molar-refractivity contribution in [2.24, 2.45) is 0 Å². The zero-order valence-electron chi connectivity index (χ0n) is 17.3. The molecule has 0 spiro atoms. The van der Waals surface area contributed by atoms with Crippen LogP contribution in [-0.4, -0.2) is 47.0 Å². The minimum atomic E-state index is -0.957. The average molecular weight is 426 g/mol. The van der Waals surface area contributed by atoms with Gasteiger partial charge in [0.2, 0.25) is 5.91 Å². The number of fused-ring (bicyclic) bond motifs is 1. The second kappa shape index (κ2) is 9.24. The Morgan fingerprint density at radius 1 is 1.16 bits per heavy atom. The first kappa shape index (κ1) is 21.0. The van der Waals surface area contributed by atoms with Crippen molar-refractivity contribution in [1.29, 1.82) is 0 Å². The molecule has 1 amide bonds. The number of methoxy groups -OCH3 is 1. The molecule has 6 nitrogen and oxygen atoms in total. The summed E-state index contributed by atoms with van der Waals surface area (Å²) in [6.07, 6.45) is 4.74. The molecule has 1 N–H and O–H groups in total. The molecule has 0 bridgehead atoms. The maximum absolute atomic E-state index is 13.5. The molecule has 31 heavy (non-hydrogen) atoms. The van der Waals surface area contributed by atoms with Crippen molar-refractivity contribution < 1.29 is 18.3 Å². The molecule has 0 radical (unpaired) electrons. The number of benzene rings is 2. The van der Waals surface area contributed by atoms with Gasteiger partial charge in [0.1, 0.15) is 11.6 Å². The van der Waals surface area contributed by atoms with Gasteiger partial charge in [0.25, 0.3) is 0 Å². The van der Waals surface area contributed by atoms with Crippen LogP contribution in [0.15, 0.2) is 42.6 Å². The summed E-state index contributed by atoms with van der Waals surface area (Å²) < 4.78 is 32.0. The number of ether oxygens (including phenoxy) is 1. The molecule has 0 aliphatic carbocycles. The number of piperidine rings is 1. The average Bonchev–Trinajstić information content (AvgIpc) is 2.79. The number of carbonyl (C=O) groups is 1. The van der Waals surface area contributed by atoms with Gasteiger partial charge in [-0.2, -0.15) is 0 Å². The summed E-state index contributed by atoms with van der Waals surface area (Å²) in [6.45, 7) is 1.23. The van der Waals surface area contributed by atoms with E-state index in [4.69, 9.17) is 4.74 Å². The maximum atomic E-state index is 13.5. The van der Waals surface area contributed by atoms with Gasteiger partial charge in [-0.3, -0.25) is 9.78 Å². The molecule has 1 aliphatic rings. The number of amides is 1. The summed E-state index contributed by atoms with van der Waals surface area (Å²) in [5.74, 6) is -0.599. The highest BCUT2D eigenvalue weighted by Gasteiger charge is 2.26. The summed E-state index contributed by atoms with van der Waals surface area (Å²) in [4.78, 5) is 23.3. The van der Waals surface area contributed by atoms with Gasteiger partial charge in [-0.25, -0.2) is 13.8 Å². The third-order valence-corrected chi connectivity index (χ3v) is 5.56. The number of carbonyl (C=O) groups excluding carboxylic acids is 1. The number of nitrogens with one attached hydrogen (secondary N) is 1. The molecule has 162 valence electrons. The minimum absolute atomic E-state index is 0.0296. The minimum Gasteiger partial charge on any atom is -0.497 e. The molecular weight excluding hydrogens is 402 g/mol. The summed E-state index contributed by atoms with van der Waals surface area (Å²) in [5.41, 5.74) is 1.51. The summed E-state index contributed by atoms with van der Waals surface area (Å²) in [6, 6.07) is 9.61. The van der Waals surface area contributed by atoms with Crippen LogP contribution in [0.4, 0.5) is 14.6 Å². The standard InChI is InChI=1S/C23H24F2N4O2/c1-31-17-7-5-15(6-8-17)10-23(30)29-9-3-2-4-16(29)13-27-22-14-26-20-11-18(24)19(25)12-21(20)28-22/h5-8,11-12,14,16H,2-4,9-10,13H2,1H3,(H,27,28). The number of nitrogens with zero attached hydrogens (tertiary/aromatic N) is 3. The molecule has 1 atom stereocenters. The molecule has 1 saturated heterocycles. The first-order chi connectivity index (χ1) is 15.0. The van der Waals surface area contributed by atoms with Crippen molar-refractivity contribution in [3.05, 3.63) is 59.8 Å². The second-order valence-electron chi connectivity index (χ2n) is 7.65. The third kappa shape index (κ3) is 4.90. The van der Waals surface area contributed by atoms with Crippen LogP contribution in [0, 0.1) is 11.6 Å². The van der Waals surface area contributed by atoms with Gasteiger partial charge in [-0.1, -0.05) is 12.1 Å². The fraction of sp³-hybridized carbons (Fsp3) is 0.348. The highest BCUT2D eigenvalue weighted by atomic mass is 19.2. The number of halogens is 2. The van der Waals surface area contributed by atoms with Crippen molar-refractivity contribution >= 4 is 22.8 Å². The van der Waals surface area contributed by atoms with Gasteiger partial charge < -0.3 is 15.0 Å². The van der Waals surface area contributed by atoms with E-state index in [-0.39, 0.29) is 17.5 Å². The topological polar surface area (TPSA) is 67.3 Å². The number of hydrogen-bond donors (Lipinski definition) is 1. The molecule has 0 saturated carbocycles. The van der Waals surface area contributed by atoms with Gasteiger partial charge in [0.15, 0.2) is 11.6 Å². The van der Waals surface area contributed by atoms with Crippen LogP contribution in [-0.2, 0) is 11.2 Å². The molecular formula is C23H24F2N4O2. The lowest BCUT2D eigenvalue weighted by molar-refractivity contribution is -0.133.